The Morgan fingerprint density at radius 3 is 2.69 bits per heavy atom. The van der Waals surface area contributed by atoms with Gasteiger partial charge < -0.3 is 4.74 Å². The van der Waals surface area contributed by atoms with Crippen LogP contribution in [-0.2, 0) is 4.74 Å². The van der Waals surface area contributed by atoms with Gasteiger partial charge in [-0.2, -0.15) is 5.26 Å². The molecule has 1 atom stereocenters. The van der Waals surface area contributed by atoms with E-state index in [1.165, 1.54) is 0 Å². The van der Waals surface area contributed by atoms with Crippen LogP contribution in [0.15, 0.2) is 24.3 Å². The van der Waals surface area contributed by atoms with E-state index in [-0.39, 0.29) is 6.04 Å². The molecule has 0 amide bonds. The predicted molar refractivity (Wildman–Crippen MR) is 64.4 cm³/mol. The minimum atomic E-state index is -0.409. The van der Waals surface area contributed by atoms with Crippen molar-refractivity contribution in [3.8, 4) is 6.26 Å². The summed E-state index contributed by atoms with van der Waals surface area (Å²) in [5.41, 5.74) is 0. The standard InChI is InChI=1S/C13H16N2O/c1-10(2)15-13(16-9-14)8-12-7-5-4-6-11(12)3/h4-8,10,13,15H,3H2,1-2H3/b12-8-. The summed E-state index contributed by atoms with van der Waals surface area (Å²) >= 11 is 0. The molecule has 0 saturated heterocycles. The Kier molecular flexibility index (Phi) is 4.56. The molecule has 0 aromatic heterocycles. The van der Waals surface area contributed by atoms with E-state index in [2.05, 4.69) is 11.9 Å². The molecule has 16 heavy (non-hydrogen) atoms. The van der Waals surface area contributed by atoms with Crippen molar-refractivity contribution in [1.82, 2.24) is 5.32 Å². The Labute approximate surface area is 95.7 Å². The van der Waals surface area contributed by atoms with Gasteiger partial charge in [-0.05, 0) is 30.4 Å². The highest BCUT2D eigenvalue weighted by Gasteiger charge is 2.06. The highest BCUT2D eigenvalue weighted by Crippen LogP contribution is 1.91. The molecular formula is C13H16N2O. The number of nitriles is 1. The molecule has 3 heteroatoms. The fraction of sp³-hybridized carbons (Fsp3) is 0.308. The van der Waals surface area contributed by atoms with Crippen LogP contribution >= 0.6 is 0 Å². The summed E-state index contributed by atoms with van der Waals surface area (Å²) in [5.74, 6) is 0. The minimum absolute atomic E-state index is 0.242. The molecule has 0 aliphatic heterocycles. The molecule has 84 valence electrons. The smallest absolute Gasteiger partial charge is 0.288 e. The number of rotatable bonds is 4. The van der Waals surface area contributed by atoms with E-state index in [0.29, 0.717) is 0 Å². The second-order valence-corrected chi connectivity index (χ2v) is 3.82. The highest BCUT2D eigenvalue weighted by molar-refractivity contribution is 5.30. The first-order valence-electron chi connectivity index (χ1n) is 5.20. The zero-order chi connectivity index (χ0) is 12.0. The normalized spacial score (nSPS) is 13.5. The Morgan fingerprint density at radius 1 is 1.44 bits per heavy atom. The van der Waals surface area contributed by atoms with Gasteiger partial charge in [0, 0.05) is 6.04 Å². The molecule has 0 aliphatic rings. The maximum Gasteiger partial charge on any atom is 0.288 e. The van der Waals surface area contributed by atoms with Gasteiger partial charge >= 0.3 is 0 Å². The predicted octanol–water partition coefficient (Wildman–Crippen LogP) is 0.699. The topological polar surface area (TPSA) is 45.0 Å². The Hall–Kier alpha value is -1.79. The first kappa shape index (κ1) is 12.3. The molecule has 1 rings (SSSR count). The van der Waals surface area contributed by atoms with Crippen LogP contribution in [0.2, 0.25) is 0 Å². The van der Waals surface area contributed by atoms with Gasteiger partial charge in [-0.1, -0.05) is 30.8 Å². The molecule has 0 aliphatic carbocycles. The van der Waals surface area contributed by atoms with Crippen LogP contribution in [0.5, 0.6) is 0 Å². The third-order valence-corrected chi connectivity index (χ3v) is 2.06. The van der Waals surface area contributed by atoms with Crippen LogP contribution in [0, 0.1) is 11.5 Å². The van der Waals surface area contributed by atoms with Crippen molar-refractivity contribution in [2.45, 2.75) is 26.1 Å². The summed E-state index contributed by atoms with van der Waals surface area (Å²) in [6.45, 7) is 7.91. The lowest BCUT2D eigenvalue weighted by Crippen LogP contribution is -2.37. The number of benzene rings is 1. The van der Waals surface area contributed by atoms with E-state index in [4.69, 9.17) is 10.00 Å². The van der Waals surface area contributed by atoms with Crippen LogP contribution in [0.25, 0.3) is 12.7 Å². The van der Waals surface area contributed by atoms with Crippen molar-refractivity contribution >= 4 is 12.7 Å². The third kappa shape index (κ3) is 3.76. The molecule has 3 nitrogen and oxygen atoms in total. The summed E-state index contributed by atoms with van der Waals surface area (Å²) in [4.78, 5) is 0. The lowest BCUT2D eigenvalue weighted by Gasteiger charge is -2.14. The number of nitrogens with zero attached hydrogens (tertiary/aromatic N) is 1. The minimum Gasteiger partial charge on any atom is -0.404 e. The van der Waals surface area contributed by atoms with Crippen LogP contribution in [-0.4, -0.2) is 12.3 Å². The SMILES string of the molecule is C=c1cccc/c1=C/C(NC(C)C)OC#N. The van der Waals surface area contributed by atoms with E-state index in [0.717, 1.165) is 10.4 Å². The fourth-order valence-corrected chi connectivity index (χ4v) is 1.36. The van der Waals surface area contributed by atoms with Gasteiger partial charge in [0.25, 0.3) is 6.26 Å². The van der Waals surface area contributed by atoms with Crippen molar-refractivity contribution in [3.05, 3.63) is 34.7 Å². The summed E-state index contributed by atoms with van der Waals surface area (Å²) in [5, 5.41) is 13.6. The van der Waals surface area contributed by atoms with Gasteiger partial charge in [0.15, 0.2) is 6.23 Å². The van der Waals surface area contributed by atoms with E-state index in [1.807, 2.05) is 44.2 Å². The number of nitrogens with one attached hydrogen (secondary N) is 1. The summed E-state index contributed by atoms with van der Waals surface area (Å²) in [6.07, 6.45) is 3.14. The maximum absolute atomic E-state index is 8.55. The van der Waals surface area contributed by atoms with Gasteiger partial charge in [0.2, 0.25) is 0 Å². The van der Waals surface area contributed by atoms with Crippen molar-refractivity contribution in [2.75, 3.05) is 0 Å². The lowest BCUT2D eigenvalue weighted by molar-refractivity contribution is 0.174. The molecule has 0 radical (unpaired) electrons. The van der Waals surface area contributed by atoms with Crippen LogP contribution < -0.4 is 15.8 Å². The van der Waals surface area contributed by atoms with E-state index >= 15 is 0 Å². The molecule has 0 saturated carbocycles. The number of ether oxygens (including phenoxy) is 1. The molecule has 1 unspecified atom stereocenters. The monoisotopic (exact) mass is 216 g/mol. The molecule has 0 heterocycles. The molecule has 0 bridgehead atoms. The molecule has 1 N–H and O–H groups in total. The van der Waals surface area contributed by atoms with E-state index < -0.39 is 6.23 Å². The first-order chi connectivity index (χ1) is 7.63. The quantitative estimate of drug-likeness (QED) is 0.595. The van der Waals surface area contributed by atoms with Crippen molar-refractivity contribution < 1.29 is 4.74 Å². The lowest BCUT2D eigenvalue weighted by atomic mass is 10.2. The summed E-state index contributed by atoms with van der Waals surface area (Å²) < 4.78 is 4.92. The highest BCUT2D eigenvalue weighted by atomic mass is 16.5. The zero-order valence-electron chi connectivity index (χ0n) is 9.60. The van der Waals surface area contributed by atoms with Crippen LogP contribution in [0.3, 0.4) is 0 Å². The Morgan fingerprint density at radius 2 is 2.12 bits per heavy atom. The van der Waals surface area contributed by atoms with Crippen molar-refractivity contribution in [3.63, 3.8) is 0 Å². The Balaban J connectivity index is 2.98. The van der Waals surface area contributed by atoms with Gasteiger partial charge in [-0.3, -0.25) is 5.32 Å². The number of hydrogen-bond donors (Lipinski definition) is 1. The van der Waals surface area contributed by atoms with E-state index in [9.17, 15) is 0 Å². The van der Waals surface area contributed by atoms with Gasteiger partial charge in [0.05, 0.1) is 0 Å². The van der Waals surface area contributed by atoms with Gasteiger partial charge in [0.1, 0.15) is 0 Å². The average Bonchev–Trinajstić information content (AvgIpc) is 2.21. The van der Waals surface area contributed by atoms with Crippen LogP contribution in [0.1, 0.15) is 13.8 Å². The van der Waals surface area contributed by atoms with Crippen LogP contribution in [0.4, 0.5) is 0 Å². The zero-order valence-corrected chi connectivity index (χ0v) is 9.60. The molecule has 0 fully saturated rings. The number of hydrogen-bond acceptors (Lipinski definition) is 3. The summed E-state index contributed by atoms with van der Waals surface area (Å²) in [7, 11) is 0. The van der Waals surface area contributed by atoms with Crippen molar-refractivity contribution in [1.29, 1.82) is 5.26 Å². The second kappa shape index (κ2) is 5.94. The molecule has 0 spiro atoms. The first-order valence-corrected chi connectivity index (χ1v) is 5.20. The third-order valence-electron chi connectivity index (χ3n) is 2.06. The maximum atomic E-state index is 8.55. The molecule has 1 aromatic rings. The van der Waals surface area contributed by atoms with Gasteiger partial charge in [-0.25, -0.2) is 0 Å². The Bertz CT molecular complexity index is 473. The van der Waals surface area contributed by atoms with Crippen molar-refractivity contribution in [2.24, 2.45) is 0 Å². The van der Waals surface area contributed by atoms with E-state index in [1.54, 1.807) is 6.26 Å². The average molecular weight is 216 g/mol. The second-order valence-electron chi connectivity index (χ2n) is 3.82. The molecular weight excluding hydrogens is 200 g/mol. The fourth-order valence-electron chi connectivity index (χ4n) is 1.36. The largest absolute Gasteiger partial charge is 0.404 e. The van der Waals surface area contributed by atoms with Gasteiger partial charge in [-0.15, -0.1) is 0 Å². The summed E-state index contributed by atoms with van der Waals surface area (Å²) in [6, 6.07) is 7.96. The molecule has 1 aromatic carbocycles.